The quantitative estimate of drug-likeness (QED) is 0.427. The second-order valence-electron chi connectivity index (χ2n) is 6.90. The van der Waals surface area contributed by atoms with E-state index in [0.29, 0.717) is 5.92 Å². The highest BCUT2D eigenvalue weighted by Gasteiger charge is 2.19. The van der Waals surface area contributed by atoms with E-state index < -0.39 is 0 Å². The second kappa shape index (κ2) is 7.14. The summed E-state index contributed by atoms with van der Waals surface area (Å²) in [4.78, 5) is 0. The van der Waals surface area contributed by atoms with Gasteiger partial charge in [0.2, 0.25) is 0 Å². The monoisotopic (exact) mass is 328 g/mol. The predicted molar refractivity (Wildman–Crippen MR) is 107 cm³/mol. The number of hydrogen-bond donors (Lipinski definition) is 0. The van der Waals surface area contributed by atoms with Gasteiger partial charge in [0.25, 0.3) is 0 Å². The Balaban J connectivity index is 0.000000223. The predicted octanol–water partition coefficient (Wildman–Crippen LogP) is 6.52. The summed E-state index contributed by atoms with van der Waals surface area (Å²) in [5, 5.41) is 5.63. The third-order valence-electron chi connectivity index (χ3n) is 5.25. The Bertz CT molecular complexity index is 937. The lowest BCUT2D eigenvalue weighted by molar-refractivity contribution is 0.286. The Morgan fingerprint density at radius 1 is 0.880 bits per heavy atom. The number of aryl methyl sites for hydroxylation is 1. The van der Waals surface area contributed by atoms with Crippen molar-refractivity contribution in [2.24, 2.45) is 0 Å². The van der Waals surface area contributed by atoms with Crippen LogP contribution in [-0.4, -0.2) is 6.61 Å². The Morgan fingerprint density at radius 2 is 1.76 bits per heavy atom. The Morgan fingerprint density at radius 3 is 2.52 bits per heavy atom. The Kier molecular flexibility index (Phi) is 4.56. The molecule has 1 nitrogen and oxygen atoms in total. The summed E-state index contributed by atoms with van der Waals surface area (Å²) in [5.41, 5.74) is 3.18. The molecule has 1 heteroatoms. The fourth-order valence-corrected chi connectivity index (χ4v) is 4.05. The van der Waals surface area contributed by atoms with Crippen LogP contribution in [0.15, 0.2) is 73.0 Å². The van der Waals surface area contributed by atoms with Gasteiger partial charge in [0.05, 0.1) is 6.26 Å². The third-order valence-corrected chi connectivity index (χ3v) is 5.25. The van der Waals surface area contributed by atoms with Gasteiger partial charge in [-0.15, -0.1) is 0 Å². The van der Waals surface area contributed by atoms with Crippen LogP contribution in [0.3, 0.4) is 0 Å². The molecule has 1 unspecified atom stereocenters. The molecule has 2 aliphatic rings. The smallest absolute Gasteiger partial charge is 0.106 e. The average molecular weight is 328 g/mol. The van der Waals surface area contributed by atoms with Crippen LogP contribution in [0.1, 0.15) is 36.8 Å². The molecular formula is C24H24O. The highest BCUT2D eigenvalue weighted by molar-refractivity contribution is 6.08. The third kappa shape index (κ3) is 3.19. The molecule has 0 bridgehead atoms. The maximum Gasteiger partial charge on any atom is 0.106 e. The first kappa shape index (κ1) is 16.0. The molecule has 3 aromatic rings. The number of rotatable bonds is 0. The van der Waals surface area contributed by atoms with Crippen molar-refractivity contribution >= 4 is 21.5 Å². The normalized spacial score (nSPS) is 18.4. The van der Waals surface area contributed by atoms with Gasteiger partial charge in [-0.2, -0.15) is 0 Å². The minimum absolute atomic E-state index is 0.702. The summed E-state index contributed by atoms with van der Waals surface area (Å²) in [7, 11) is 0. The van der Waals surface area contributed by atoms with Gasteiger partial charge in [0.15, 0.2) is 0 Å². The molecule has 1 aliphatic carbocycles. The van der Waals surface area contributed by atoms with Crippen LogP contribution in [0.2, 0.25) is 0 Å². The minimum atomic E-state index is 0.702. The SMILES string of the molecule is C1=CCOC=C1.CC1CCCc2ccc3c(ccc4ccccc43)c21. The summed E-state index contributed by atoms with van der Waals surface area (Å²) in [5.74, 6) is 0.702. The van der Waals surface area contributed by atoms with E-state index in [1.54, 1.807) is 17.4 Å². The number of fused-ring (bicyclic) bond motifs is 5. The lowest BCUT2D eigenvalue weighted by atomic mass is 9.80. The van der Waals surface area contributed by atoms with Crippen molar-refractivity contribution in [2.45, 2.75) is 32.1 Å². The minimum Gasteiger partial charge on any atom is -0.497 e. The Hall–Kier alpha value is -2.54. The van der Waals surface area contributed by atoms with Crippen molar-refractivity contribution in [1.29, 1.82) is 0 Å². The zero-order chi connectivity index (χ0) is 17.1. The molecule has 0 fully saturated rings. The summed E-state index contributed by atoms with van der Waals surface area (Å²) in [6.45, 7) is 3.11. The van der Waals surface area contributed by atoms with E-state index in [9.17, 15) is 0 Å². The first-order valence-corrected chi connectivity index (χ1v) is 9.21. The van der Waals surface area contributed by atoms with E-state index in [2.05, 4.69) is 55.5 Å². The van der Waals surface area contributed by atoms with Gasteiger partial charge in [-0.1, -0.05) is 61.5 Å². The maximum absolute atomic E-state index is 4.80. The molecule has 0 N–H and O–H groups in total. The number of benzene rings is 3. The van der Waals surface area contributed by atoms with Crippen LogP contribution in [0.4, 0.5) is 0 Å². The van der Waals surface area contributed by atoms with Crippen molar-refractivity contribution in [1.82, 2.24) is 0 Å². The molecule has 0 saturated heterocycles. The van der Waals surface area contributed by atoms with Crippen molar-refractivity contribution < 1.29 is 4.74 Å². The highest BCUT2D eigenvalue weighted by atomic mass is 16.5. The Labute approximate surface area is 149 Å². The summed E-state index contributed by atoms with van der Waals surface area (Å²) >= 11 is 0. The van der Waals surface area contributed by atoms with E-state index in [0.717, 1.165) is 6.61 Å². The molecule has 0 amide bonds. The average Bonchev–Trinajstić information content (AvgIpc) is 2.69. The molecule has 126 valence electrons. The van der Waals surface area contributed by atoms with Crippen LogP contribution in [0.25, 0.3) is 21.5 Å². The van der Waals surface area contributed by atoms with Gasteiger partial charge in [-0.3, -0.25) is 0 Å². The fourth-order valence-electron chi connectivity index (χ4n) is 4.05. The molecule has 25 heavy (non-hydrogen) atoms. The molecule has 3 aromatic carbocycles. The number of allylic oxidation sites excluding steroid dienone is 2. The van der Waals surface area contributed by atoms with E-state index >= 15 is 0 Å². The molecule has 0 spiro atoms. The zero-order valence-electron chi connectivity index (χ0n) is 14.7. The summed E-state index contributed by atoms with van der Waals surface area (Å²) in [6.07, 6.45) is 11.4. The summed E-state index contributed by atoms with van der Waals surface area (Å²) in [6, 6.07) is 18.0. The molecule has 1 heterocycles. The lowest BCUT2D eigenvalue weighted by Gasteiger charge is -2.24. The van der Waals surface area contributed by atoms with Gasteiger partial charge in [-0.05, 0) is 70.0 Å². The first-order chi connectivity index (χ1) is 12.3. The van der Waals surface area contributed by atoms with E-state index in [-0.39, 0.29) is 0 Å². The summed E-state index contributed by atoms with van der Waals surface area (Å²) < 4.78 is 4.80. The van der Waals surface area contributed by atoms with Gasteiger partial charge in [0.1, 0.15) is 6.61 Å². The number of ether oxygens (including phenoxy) is 1. The van der Waals surface area contributed by atoms with E-state index in [1.807, 2.05) is 18.2 Å². The van der Waals surface area contributed by atoms with Crippen molar-refractivity contribution in [3.8, 4) is 0 Å². The van der Waals surface area contributed by atoms with Gasteiger partial charge < -0.3 is 4.74 Å². The molecule has 0 aromatic heterocycles. The van der Waals surface area contributed by atoms with Gasteiger partial charge in [0, 0.05) is 0 Å². The topological polar surface area (TPSA) is 9.23 Å². The van der Waals surface area contributed by atoms with Gasteiger partial charge >= 0.3 is 0 Å². The van der Waals surface area contributed by atoms with Crippen molar-refractivity contribution in [3.63, 3.8) is 0 Å². The molecule has 5 rings (SSSR count). The van der Waals surface area contributed by atoms with Crippen LogP contribution < -0.4 is 0 Å². The first-order valence-electron chi connectivity index (χ1n) is 9.21. The van der Waals surface area contributed by atoms with Crippen molar-refractivity contribution in [2.75, 3.05) is 6.61 Å². The van der Waals surface area contributed by atoms with Crippen LogP contribution in [0, 0.1) is 0 Å². The fraction of sp³-hybridized carbons (Fsp3) is 0.250. The van der Waals surface area contributed by atoms with Crippen LogP contribution in [0.5, 0.6) is 0 Å². The van der Waals surface area contributed by atoms with Gasteiger partial charge in [-0.25, -0.2) is 0 Å². The highest BCUT2D eigenvalue weighted by Crippen LogP contribution is 2.38. The zero-order valence-corrected chi connectivity index (χ0v) is 14.7. The number of hydrogen-bond acceptors (Lipinski definition) is 1. The van der Waals surface area contributed by atoms with E-state index in [1.165, 1.54) is 40.8 Å². The maximum atomic E-state index is 4.80. The molecular weight excluding hydrogens is 304 g/mol. The second-order valence-corrected chi connectivity index (χ2v) is 6.90. The molecule has 1 atom stereocenters. The molecule has 1 aliphatic heterocycles. The van der Waals surface area contributed by atoms with Crippen LogP contribution in [-0.2, 0) is 11.2 Å². The molecule has 0 saturated carbocycles. The standard InChI is InChI=1S/C19H18.C5H6O/c1-13-5-4-7-15-10-11-17-16-8-3-2-6-14(16)9-12-18(17)19(13)15;1-2-4-6-5-3-1/h2-3,6,8-13H,4-5,7H2,1H3;1-4H,5H2. The largest absolute Gasteiger partial charge is 0.497 e. The molecule has 0 radical (unpaired) electrons. The van der Waals surface area contributed by atoms with Crippen LogP contribution >= 0.6 is 0 Å². The lowest BCUT2D eigenvalue weighted by Crippen LogP contribution is -2.07. The van der Waals surface area contributed by atoms with Crippen molar-refractivity contribution in [3.05, 3.63) is 84.1 Å². The van der Waals surface area contributed by atoms with E-state index in [4.69, 9.17) is 4.74 Å².